The van der Waals surface area contributed by atoms with Crippen molar-refractivity contribution in [1.82, 2.24) is 0 Å². The highest BCUT2D eigenvalue weighted by Gasteiger charge is 2.36. The molecule has 0 saturated carbocycles. The summed E-state index contributed by atoms with van der Waals surface area (Å²) in [6.07, 6.45) is 1.10. The minimum Gasteiger partial charge on any atom is -0.466 e. The van der Waals surface area contributed by atoms with E-state index in [4.69, 9.17) is 4.74 Å². The lowest BCUT2D eigenvalue weighted by Crippen LogP contribution is -2.33. The highest BCUT2D eigenvalue weighted by Crippen LogP contribution is 2.42. The minimum absolute atomic E-state index is 0.162. The van der Waals surface area contributed by atoms with Crippen molar-refractivity contribution in [2.45, 2.75) is 32.3 Å². The second-order valence-electron chi connectivity index (χ2n) is 5.98. The second kappa shape index (κ2) is 6.28. The number of nitrogens with zero attached hydrogens (tertiary/aromatic N) is 1. The highest BCUT2D eigenvalue weighted by molar-refractivity contribution is 9.10. The number of fused-ring (bicyclic) bond motifs is 1. The third-order valence-electron chi connectivity index (χ3n) is 4.05. The van der Waals surface area contributed by atoms with Crippen LogP contribution < -0.4 is 0 Å². The quantitative estimate of drug-likeness (QED) is 0.745. The van der Waals surface area contributed by atoms with Gasteiger partial charge in [-0.3, -0.25) is 0 Å². The fourth-order valence-corrected chi connectivity index (χ4v) is 3.10. The van der Waals surface area contributed by atoms with E-state index in [9.17, 15) is 4.79 Å². The van der Waals surface area contributed by atoms with E-state index in [-0.39, 0.29) is 5.78 Å². The standard InChI is InChI=1S/C19H18BrNO2/c1-13(22)10-11-19(2)16-12-15(20)8-9-17(16)21-18(23-19)14-6-4-3-5-7-14/h3-9,12H,10-11H2,1-2H3. The molecule has 1 aliphatic rings. The number of halogens is 1. The van der Waals surface area contributed by atoms with Crippen LogP contribution in [-0.4, -0.2) is 11.7 Å². The van der Waals surface area contributed by atoms with Gasteiger partial charge in [0.25, 0.3) is 0 Å². The van der Waals surface area contributed by atoms with Crippen molar-refractivity contribution in [3.05, 3.63) is 64.1 Å². The summed E-state index contributed by atoms with van der Waals surface area (Å²) in [4.78, 5) is 16.1. The van der Waals surface area contributed by atoms with Gasteiger partial charge in [-0.25, -0.2) is 4.99 Å². The Bertz CT molecular complexity index is 770. The smallest absolute Gasteiger partial charge is 0.222 e. The Morgan fingerprint density at radius 1 is 1.22 bits per heavy atom. The van der Waals surface area contributed by atoms with Gasteiger partial charge in [-0.2, -0.15) is 0 Å². The van der Waals surface area contributed by atoms with Gasteiger partial charge in [0.1, 0.15) is 11.4 Å². The number of hydrogen-bond acceptors (Lipinski definition) is 3. The second-order valence-corrected chi connectivity index (χ2v) is 6.90. The topological polar surface area (TPSA) is 38.7 Å². The van der Waals surface area contributed by atoms with E-state index in [0.717, 1.165) is 21.3 Å². The molecular formula is C19H18BrNO2. The number of carbonyl (C=O) groups excluding carboxylic acids is 1. The van der Waals surface area contributed by atoms with Crippen molar-refractivity contribution >= 4 is 33.3 Å². The lowest BCUT2D eigenvalue weighted by Gasteiger charge is -2.36. The maximum absolute atomic E-state index is 11.5. The lowest BCUT2D eigenvalue weighted by molar-refractivity contribution is -0.118. The Labute approximate surface area is 144 Å². The summed E-state index contributed by atoms with van der Waals surface area (Å²) in [5.41, 5.74) is 2.27. The molecule has 3 rings (SSSR count). The molecule has 0 amide bonds. The summed E-state index contributed by atoms with van der Waals surface area (Å²) >= 11 is 3.51. The first-order valence-corrected chi connectivity index (χ1v) is 8.40. The van der Waals surface area contributed by atoms with Crippen molar-refractivity contribution in [2.75, 3.05) is 0 Å². The molecule has 118 valence electrons. The van der Waals surface area contributed by atoms with Crippen molar-refractivity contribution < 1.29 is 9.53 Å². The number of ether oxygens (including phenoxy) is 1. The molecule has 0 aliphatic carbocycles. The molecule has 4 heteroatoms. The monoisotopic (exact) mass is 371 g/mol. The van der Waals surface area contributed by atoms with Crippen LogP contribution in [0.5, 0.6) is 0 Å². The number of hydrogen-bond donors (Lipinski definition) is 0. The van der Waals surface area contributed by atoms with Gasteiger partial charge in [0.2, 0.25) is 5.90 Å². The highest BCUT2D eigenvalue weighted by atomic mass is 79.9. The number of rotatable bonds is 4. The largest absolute Gasteiger partial charge is 0.466 e. The molecule has 3 nitrogen and oxygen atoms in total. The van der Waals surface area contributed by atoms with Gasteiger partial charge in [-0.05, 0) is 50.6 Å². The molecule has 23 heavy (non-hydrogen) atoms. The zero-order valence-corrected chi connectivity index (χ0v) is 14.8. The first-order valence-electron chi connectivity index (χ1n) is 7.60. The van der Waals surface area contributed by atoms with E-state index >= 15 is 0 Å². The maximum atomic E-state index is 11.5. The van der Waals surface area contributed by atoms with Gasteiger partial charge in [0.05, 0.1) is 5.69 Å². The van der Waals surface area contributed by atoms with Crippen molar-refractivity contribution in [2.24, 2.45) is 4.99 Å². The molecule has 0 N–H and O–H groups in total. The number of aliphatic imine (C=N–C) groups is 1. The van der Waals surface area contributed by atoms with Crippen LogP contribution in [0.4, 0.5) is 5.69 Å². The Hall–Kier alpha value is -1.94. The molecule has 1 atom stereocenters. The molecule has 0 aromatic heterocycles. The summed E-state index contributed by atoms with van der Waals surface area (Å²) in [5.74, 6) is 0.765. The molecule has 2 aromatic rings. The molecule has 1 aliphatic heterocycles. The average Bonchev–Trinajstić information content (AvgIpc) is 2.54. The minimum atomic E-state index is -0.572. The predicted molar refractivity (Wildman–Crippen MR) is 95.1 cm³/mol. The number of carbonyl (C=O) groups is 1. The summed E-state index contributed by atoms with van der Waals surface area (Å²) in [6, 6.07) is 15.8. The lowest BCUT2D eigenvalue weighted by atomic mass is 9.87. The van der Waals surface area contributed by atoms with Crippen molar-refractivity contribution in [3.8, 4) is 0 Å². The Morgan fingerprint density at radius 3 is 2.65 bits per heavy atom. The van der Waals surface area contributed by atoms with E-state index in [1.807, 2.05) is 55.5 Å². The third kappa shape index (κ3) is 3.37. The van der Waals surface area contributed by atoms with E-state index in [0.29, 0.717) is 18.7 Å². The van der Waals surface area contributed by atoms with Crippen LogP contribution in [0.1, 0.15) is 37.8 Å². The number of benzene rings is 2. The Kier molecular flexibility index (Phi) is 4.35. The molecule has 2 aromatic carbocycles. The number of ketones is 1. The summed E-state index contributed by atoms with van der Waals surface area (Å²) < 4.78 is 7.25. The average molecular weight is 372 g/mol. The molecule has 0 radical (unpaired) electrons. The fraction of sp³-hybridized carbons (Fsp3) is 0.263. The summed E-state index contributed by atoms with van der Waals surface area (Å²) in [7, 11) is 0. The summed E-state index contributed by atoms with van der Waals surface area (Å²) in [5, 5.41) is 0. The van der Waals surface area contributed by atoms with Gasteiger partial charge in [0.15, 0.2) is 0 Å². The third-order valence-corrected chi connectivity index (χ3v) is 4.54. The predicted octanol–water partition coefficient (Wildman–Crippen LogP) is 5.14. The first kappa shape index (κ1) is 15.9. The van der Waals surface area contributed by atoms with Crippen LogP contribution in [0, 0.1) is 0 Å². The Balaban J connectivity index is 2.07. The molecule has 0 saturated heterocycles. The van der Waals surface area contributed by atoms with Gasteiger partial charge < -0.3 is 9.53 Å². The zero-order valence-electron chi connectivity index (χ0n) is 13.2. The summed E-state index contributed by atoms with van der Waals surface area (Å²) in [6.45, 7) is 3.64. The van der Waals surface area contributed by atoms with Crippen LogP contribution >= 0.6 is 15.9 Å². The zero-order chi connectivity index (χ0) is 16.4. The van der Waals surface area contributed by atoms with E-state index in [1.54, 1.807) is 6.92 Å². The van der Waals surface area contributed by atoms with Crippen molar-refractivity contribution in [1.29, 1.82) is 0 Å². The maximum Gasteiger partial charge on any atom is 0.222 e. The molecule has 1 unspecified atom stereocenters. The first-order chi connectivity index (χ1) is 11.0. The van der Waals surface area contributed by atoms with Crippen LogP contribution in [-0.2, 0) is 15.1 Å². The van der Waals surface area contributed by atoms with Crippen LogP contribution in [0.2, 0.25) is 0 Å². The SMILES string of the molecule is CC(=O)CCC1(C)OC(c2ccccc2)=Nc2ccc(Br)cc21. The Morgan fingerprint density at radius 2 is 1.96 bits per heavy atom. The van der Waals surface area contributed by atoms with Crippen LogP contribution in [0.25, 0.3) is 0 Å². The number of Topliss-reactive ketones (excluding diaryl/α,β-unsaturated/α-hetero) is 1. The van der Waals surface area contributed by atoms with Gasteiger partial charge in [-0.15, -0.1) is 0 Å². The van der Waals surface area contributed by atoms with Gasteiger partial charge >= 0.3 is 0 Å². The van der Waals surface area contributed by atoms with E-state index in [1.165, 1.54) is 0 Å². The molecule has 1 heterocycles. The van der Waals surface area contributed by atoms with Crippen LogP contribution in [0.3, 0.4) is 0 Å². The molecule has 0 spiro atoms. The van der Waals surface area contributed by atoms with E-state index in [2.05, 4.69) is 20.9 Å². The molecule has 0 fully saturated rings. The fourth-order valence-electron chi connectivity index (χ4n) is 2.73. The normalized spacial score (nSPS) is 19.5. The van der Waals surface area contributed by atoms with Crippen molar-refractivity contribution in [3.63, 3.8) is 0 Å². The molecule has 0 bridgehead atoms. The van der Waals surface area contributed by atoms with Crippen LogP contribution in [0.15, 0.2) is 58.0 Å². The van der Waals surface area contributed by atoms with E-state index < -0.39 is 5.60 Å². The van der Waals surface area contributed by atoms with Gasteiger partial charge in [0, 0.05) is 22.0 Å². The van der Waals surface area contributed by atoms with Gasteiger partial charge in [-0.1, -0.05) is 34.1 Å². The molecular weight excluding hydrogens is 354 g/mol.